The van der Waals surface area contributed by atoms with Gasteiger partial charge in [0.25, 0.3) is 0 Å². The summed E-state index contributed by atoms with van der Waals surface area (Å²) in [6.07, 6.45) is -0.0130. The van der Waals surface area contributed by atoms with E-state index >= 15 is 0 Å². The van der Waals surface area contributed by atoms with Gasteiger partial charge in [-0.3, -0.25) is 38.4 Å². The lowest BCUT2D eigenvalue weighted by atomic mass is 9.88. The Balaban J connectivity index is 1.13. The smallest absolute Gasteiger partial charge is 0.410 e. The van der Waals surface area contributed by atoms with Gasteiger partial charge in [0.2, 0.25) is 5.91 Å². The van der Waals surface area contributed by atoms with Gasteiger partial charge in [-0.25, -0.2) is 4.79 Å². The molecule has 13 heteroatoms. The van der Waals surface area contributed by atoms with Gasteiger partial charge in [0.05, 0.1) is 5.60 Å². The number of carbonyl (C=O) groups is 9. The monoisotopic (exact) mass is 726 g/mol. The van der Waals surface area contributed by atoms with Gasteiger partial charge in [-0.2, -0.15) is 0 Å². The van der Waals surface area contributed by atoms with Crippen LogP contribution in [0.4, 0.5) is 4.79 Å². The molecule has 2 aromatic rings. The highest BCUT2D eigenvalue weighted by atomic mass is 16.6. The largest absolute Gasteiger partial charge is 0.444 e. The Morgan fingerprint density at radius 2 is 1.06 bits per heavy atom. The zero-order valence-corrected chi connectivity index (χ0v) is 30.6. The summed E-state index contributed by atoms with van der Waals surface area (Å²) in [5.41, 5.74) is -1.33. The second kappa shape index (κ2) is 13.7. The first-order valence-electron chi connectivity index (χ1n) is 17.7. The first-order chi connectivity index (χ1) is 24.8. The van der Waals surface area contributed by atoms with Crippen LogP contribution in [0.15, 0.2) is 36.4 Å². The molecule has 2 unspecified atom stereocenters. The maximum atomic E-state index is 13.7. The third-order valence-corrected chi connectivity index (χ3v) is 10.1. The molecule has 2 aliphatic carbocycles. The predicted molar refractivity (Wildman–Crippen MR) is 187 cm³/mol. The molecule has 0 aromatic heterocycles. The fourth-order valence-corrected chi connectivity index (χ4v) is 7.30. The number of ether oxygens (including phenoxy) is 2. The second-order valence-corrected chi connectivity index (χ2v) is 16.1. The van der Waals surface area contributed by atoms with Crippen LogP contribution in [0.2, 0.25) is 0 Å². The number of amides is 2. The average molecular weight is 727 g/mol. The van der Waals surface area contributed by atoms with Crippen LogP contribution in [0.5, 0.6) is 0 Å². The zero-order chi connectivity index (χ0) is 38.7. The quantitative estimate of drug-likeness (QED) is 0.284. The minimum absolute atomic E-state index is 0.0110. The number of carbonyl (C=O) groups excluding carboxylic acids is 9. The van der Waals surface area contributed by atoms with Crippen LogP contribution in [0.25, 0.3) is 0 Å². The van der Waals surface area contributed by atoms with E-state index in [1.807, 2.05) is 20.8 Å². The van der Waals surface area contributed by atoms with Crippen molar-refractivity contribution in [3.05, 3.63) is 69.8 Å². The topological polar surface area (TPSA) is 179 Å². The van der Waals surface area contributed by atoms with Crippen molar-refractivity contribution in [3.63, 3.8) is 0 Å². The van der Waals surface area contributed by atoms with Crippen molar-refractivity contribution in [2.45, 2.75) is 65.6 Å². The van der Waals surface area contributed by atoms with Crippen molar-refractivity contribution in [3.8, 4) is 0 Å². The molecule has 0 spiro atoms. The van der Waals surface area contributed by atoms with Gasteiger partial charge in [-0.05, 0) is 78.6 Å². The highest BCUT2D eigenvalue weighted by molar-refractivity contribution is 6.37. The van der Waals surface area contributed by atoms with Crippen molar-refractivity contribution in [1.29, 1.82) is 0 Å². The van der Waals surface area contributed by atoms with E-state index in [0.717, 1.165) is 0 Å². The van der Waals surface area contributed by atoms with Gasteiger partial charge in [0.15, 0.2) is 40.5 Å². The Hall–Kier alpha value is -5.17. The second-order valence-electron chi connectivity index (χ2n) is 16.1. The SMILES string of the molecule is CC(C)(C)OCC(=O)N1CC[C@@H](C(=O)C2C(=O)c3ccc(C(=O)c4ccc5c(c4)C(=O)C(C(=O)[C@@H]4CCN(C(=O)OC(C)(C)C)C4)C5=O)cc3C2=O)C1. The van der Waals surface area contributed by atoms with Crippen molar-refractivity contribution in [1.82, 2.24) is 9.80 Å². The molecule has 2 amide bonds. The third kappa shape index (κ3) is 7.26. The molecule has 278 valence electrons. The number of hydrogen-bond acceptors (Lipinski definition) is 11. The lowest BCUT2D eigenvalue weighted by Crippen LogP contribution is -2.37. The van der Waals surface area contributed by atoms with E-state index in [-0.39, 0.29) is 71.9 Å². The molecule has 13 nitrogen and oxygen atoms in total. The number of hydrogen-bond donors (Lipinski definition) is 0. The molecule has 0 saturated carbocycles. The molecule has 2 aromatic carbocycles. The Bertz CT molecular complexity index is 2000. The lowest BCUT2D eigenvalue weighted by Gasteiger charge is -2.24. The van der Waals surface area contributed by atoms with Crippen LogP contribution in [-0.4, -0.2) is 106 Å². The molecule has 2 saturated heterocycles. The standard InChI is InChI=1S/C40H42N2O11/c1-39(2,3)52-19-28(43)41-13-11-22(17-41)32(45)29-34(47)24-9-7-20(15-26(24)36(29)49)31(44)21-8-10-25-27(16-21)37(50)30(35(25)48)33(46)23-12-14-42(18-23)38(51)53-40(4,5)6/h7-10,15-16,22-23,29-30H,11-14,17-19H2,1-6H3/t22-,23-,29?,30?/m1/s1. The van der Waals surface area contributed by atoms with E-state index in [1.54, 1.807) is 20.8 Å². The number of benzene rings is 2. The van der Waals surface area contributed by atoms with E-state index in [4.69, 9.17) is 9.47 Å². The highest BCUT2D eigenvalue weighted by Gasteiger charge is 2.49. The number of rotatable bonds is 8. The predicted octanol–water partition coefficient (Wildman–Crippen LogP) is 3.97. The molecule has 4 aliphatic rings. The van der Waals surface area contributed by atoms with Gasteiger partial charge >= 0.3 is 6.09 Å². The van der Waals surface area contributed by atoms with Gasteiger partial charge in [0.1, 0.15) is 24.0 Å². The van der Waals surface area contributed by atoms with Crippen LogP contribution in [0, 0.1) is 23.7 Å². The van der Waals surface area contributed by atoms with E-state index in [1.165, 1.54) is 46.2 Å². The average Bonchev–Trinajstić information content (AvgIpc) is 3.88. The summed E-state index contributed by atoms with van der Waals surface area (Å²) in [4.78, 5) is 122. The summed E-state index contributed by atoms with van der Waals surface area (Å²) in [5, 5.41) is 0. The molecule has 6 rings (SSSR count). The van der Waals surface area contributed by atoms with E-state index < -0.39 is 81.4 Å². The van der Waals surface area contributed by atoms with Crippen molar-refractivity contribution >= 4 is 52.5 Å². The van der Waals surface area contributed by atoms with Crippen molar-refractivity contribution in [2.24, 2.45) is 23.7 Å². The summed E-state index contributed by atoms with van der Waals surface area (Å²) in [6, 6.07) is 7.85. The van der Waals surface area contributed by atoms with Crippen LogP contribution in [0.3, 0.4) is 0 Å². The van der Waals surface area contributed by atoms with Crippen LogP contribution >= 0.6 is 0 Å². The molecule has 2 fully saturated rings. The Labute approximate surface area is 306 Å². The van der Waals surface area contributed by atoms with Gasteiger partial charge in [-0.1, -0.05) is 12.1 Å². The number of Topliss-reactive ketones (excluding diaryl/α,β-unsaturated/α-hetero) is 6. The number of ketones is 7. The first kappa shape index (κ1) is 37.6. The summed E-state index contributed by atoms with van der Waals surface area (Å²) in [5.74, 6) is -9.44. The maximum absolute atomic E-state index is 13.7. The summed E-state index contributed by atoms with van der Waals surface area (Å²) in [7, 11) is 0. The molecular formula is C40H42N2O11. The Morgan fingerprint density at radius 3 is 1.51 bits per heavy atom. The summed E-state index contributed by atoms with van der Waals surface area (Å²) < 4.78 is 10.9. The fourth-order valence-electron chi connectivity index (χ4n) is 7.30. The zero-order valence-electron chi connectivity index (χ0n) is 30.6. The number of nitrogens with zero attached hydrogens (tertiary/aromatic N) is 2. The van der Waals surface area contributed by atoms with Crippen LogP contribution in [0.1, 0.15) is 112 Å². The van der Waals surface area contributed by atoms with Gasteiger partial charge < -0.3 is 19.3 Å². The van der Waals surface area contributed by atoms with Crippen LogP contribution in [-0.2, 0) is 23.9 Å². The molecule has 0 radical (unpaired) electrons. The molecule has 2 heterocycles. The molecular weight excluding hydrogens is 684 g/mol. The highest BCUT2D eigenvalue weighted by Crippen LogP contribution is 2.35. The van der Waals surface area contributed by atoms with Crippen molar-refractivity contribution < 1.29 is 52.6 Å². The van der Waals surface area contributed by atoms with E-state index in [0.29, 0.717) is 13.0 Å². The Morgan fingerprint density at radius 1 is 0.623 bits per heavy atom. The lowest BCUT2D eigenvalue weighted by molar-refractivity contribution is -0.140. The number of fused-ring (bicyclic) bond motifs is 2. The van der Waals surface area contributed by atoms with Gasteiger partial charge in [-0.15, -0.1) is 0 Å². The number of likely N-dealkylation sites (tertiary alicyclic amines) is 2. The van der Waals surface area contributed by atoms with E-state index in [9.17, 15) is 43.2 Å². The molecule has 2 aliphatic heterocycles. The molecule has 53 heavy (non-hydrogen) atoms. The third-order valence-electron chi connectivity index (χ3n) is 10.1. The minimum atomic E-state index is -1.58. The normalized spacial score (nSPS) is 22.7. The van der Waals surface area contributed by atoms with Crippen molar-refractivity contribution in [2.75, 3.05) is 32.8 Å². The Kier molecular flexibility index (Phi) is 9.69. The molecule has 0 N–H and O–H groups in total. The van der Waals surface area contributed by atoms with Crippen LogP contribution < -0.4 is 0 Å². The fraction of sp³-hybridized carbons (Fsp3) is 0.475. The van der Waals surface area contributed by atoms with E-state index in [2.05, 4.69) is 0 Å². The van der Waals surface area contributed by atoms with Gasteiger partial charge in [0, 0.05) is 71.4 Å². The minimum Gasteiger partial charge on any atom is -0.444 e. The summed E-state index contributed by atoms with van der Waals surface area (Å²) >= 11 is 0. The maximum Gasteiger partial charge on any atom is 0.410 e. The molecule has 0 bridgehead atoms. The molecule has 4 atom stereocenters. The summed E-state index contributed by atoms with van der Waals surface area (Å²) in [6.45, 7) is 11.1. The first-order valence-corrected chi connectivity index (χ1v) is 17.7.